The van der Waals surface area contributed by atoms with E-state index in [2.05, 4.69) is 9.97 Å². The fourth-order valence-electron chi connectivity index (χ4n) is 1.46. The van der Waals surface area contributed by atoms with Gasteiger partial charge in [0.05, 0.1) is 12.9 Å². The van der Waals surface area contributed by atoms with Crippen molar-refractivity contribution in [1.82, 2.24) is 9.97 Å². The molecule has 0 unspecified atom stereocenters. The molecule has 0 saturated carbocycles. The van der Waals surface area contributed by atoms with E-state index in [9.17, 15) is 0 Å². The summed E-state index contributed by atoms with van der Waals surface area (Å²) in [6, 6.07) is 3.66. The lowest BCUT2D eigenvalue weighted by Crippen LogP contribution is -1.97. The highest BCUT2D eigenvalue weighted by atomic mass is 32.1. The van der Waals surface area contributed by atoms with Crippen molar-refractivity contribution in [2.24, 2.45) is 0 Å². The first-order valence-corrected chi connectivity index (χ1v) is 5.25. The molecule has 84 valence electrons. The minimum absolute atomic E-state index is 0.471. The third-order valence-electron chi connectivity index (χ3n) is 2.18. The topological polar surface area (TPSA) is 51.1 Å². The van der Waals surface area contributed by atoms with Gasteiger partial charge in [0.1, 0.15) is 4.64 Å². The second kappa shape index (κ2) is 4.59. The van der Waals surface area contributed by atoms with Crippen LogP contribution in [0.2, 0.25) is 0 Å². The van der Waals surface area contributed by atoms with Crippen molar-refractivity contribution in [3.05, 3.63) is 34.3 Å². The van der Waals surface area contributed by atoms with Gasteiger partial charge in [-0.25, -0.2) is 4.98 Å². The van der Waals surface area contributed by atoms with E-state index in [0.717, 1.165) is 11.3 Å². The molecule has 0 aliphatic heterocycles. The Hall–Kier alpha value is -1.46. The van der Waals surface area contributed by atoms with Crippen molar-refractivity contribution in [2.75, 3.05) is 7.11 Å². The molecule has 0 atom stereocenters. The minimum Gasteiger partial charge on any atom is -0.461 e. The van der Waals surface area contributed by atoms with Crippen LogP contribution >= 0.6 is 12.2 Å². The average Bonchev–Trinajstić information content (AvgIpc) is 2.64. The Bertz CT molecular complexity index is 545. The van der Waals surface area contributed by atoms with E-state index >= 15 is 0 Å². The van der Waals surface area contributed by atoms with Gasteiger partial charge in [0.2, 0.25) is 0 Å². The molecule has 4 nitrogen and oxygen atoms in total. The van der Waals surface area contributed by atoms with E-state index in [4.69, 9.17) is 21.4 Å². The lowest BCUT2D eigenvalue weighted by atomic mass is 10.2. The van der Waals surface area contributed by atoms with Crippen LogP contribution in [0.15, 0.2) is 22.8 Å². The van der Waals surface area contributed by atoms with E-state index in [-0.39, 0.29) is 0 Å². The largest absolute Gasteiger partial charge is 0.461 e. The lowest BCUT2D eigenvalue weighted by molar-refractivity contribution is 0.181. The van der Waals surface area contributed by atoms with Gasteiger partial charge < -0.3 is 14.1 Å². The summed E-state index contributed by atoms with van der Waals surface area (Å²) in [4.78, 5) is 7.36. The molecule has 2 aromatic rings. The molecule has 16 heavy (non-hydrogen) atoms. The Morgan fingerprint density at radius 2 is 2.38 bits per heavy atom. The van der Waals surface area contributed by atoms with Crippen LogP contribution in [0.3, 0.4) is 0 Å². The number of aromatic nitrogens is 2. The first-order valence-electron chi connectivity index (χ1n) is 4.84. The van der Waals surface area contributed by atoms with E-state index < -0.39 is 0 Å². The van der Waals surface area contributed by atoms with Crippen LogP contribution in [0, 0.1) is 11.6 Å². The quantitative estimate of drug-likeness (QED) is 0.832. The van der Waals surface area contributed by atoms with Gasteiger partial charge in [-0.05, 0) is 24.6 Å². The van der Waals surface area contributed by atoms with E-state index in [1.54, 1.807) is 19.4 Å². The van der Waals surface area contributed by atoms with Crippen LogP contribution in [0.1, 0.15) is 11.3 Å². The molecule has 0 bridgehead atoms. The number of rotatable bonds is 3. The van der Waals surface area contributed by atoms with Gasteiger partial charge in [-0.3, -0.25) is 0 Å². The Kier molecular flexibility index (Phi) is 3.17. The summed E-state index contributed by atoms with van der Waals surface area (Å²) in [5, 5.41) is 0. The lowest BCUT2D eigenvalue weighted by Gasteiger charge is -2.03. The van der Waals surface area contributed by atoms with Gasteiger partial charge in [-0.1, -0.05) is 12.2 Å². The molecule has 5 heteroatoms. The number of methoxy groups -OCH3 is 1. The molecule has 0 aromatic carbocycles. The summed E-state index contributed by atoms with van der Waals surface area (Å²) in [6.07, 6.45) is 1.63. The third kappa shape index (κ3) is 2.20. The van der Waals surface area contributed by atoms with Crippen LogP contribution in [0.4, 0.5) is 0 Å². The molecule has 2 aromatic heterocycles. The molecular formula is C11H12N2O2S. The fraction of sp³-hybridized carbons (Fsp3) is 0.273. The standard InChI is InChI=1S/C11H12N2O2S/c1-7-3-4-15-10(7)11-12-8(6-14-2)5-9(16)13-11/h3-5H,6H2,1-2H3,(H,12,13,16). The predicted molar refractivity (Wildman–Crippen MR) is 62.6 cm³/mol. The molecule has 0 spiro atoms. The first-order chi connectivity index (χ1) is 7.70. The van der Waals surface area contributed by atoms with Crippen LogP contribution in [-0.2, 0) is 11.3 Å². The maximum Gasteiger partial charge on any atom is 0.175 e. The molecule has 0 fully saturated rings. The van der Waals surface area contributed by atoms with Gasteiger partial charge in [-0.15, -0.1) is 0 Å². The Labute approximate surface area is 98.3 Å². The van der Waals surface area contributed by atoms with Crippen molar-refractivity contribution < 1.29 is 9.15 Å². The van der Waals surface area contributed by atoms with Crippen LogP contribution in [-0.4, -0.2) is 17.1 Å². The average molecular weight is 236 g/mol. The van der Waals surface area contributed by atoms with Gasteiger partial charge in [0, 0.05) is 12.8 Å². The molecule has 0 aliphatic rings. The summed E-state index contributed by atoms with van der Waals surface area (Å²) < 4.78 is 10.9. The number of nitrogens with one attached hydrogen (secondary N) is 1. The SMILES string of the molecule is COCc1cc(=S)nc(-c2occc2C)[nH]1. The van der Waals surface area contributed by atoms with Gasteiger partial charge in [0.25, 0.3) is 0 Å². The molecule has 2 heterocycles. The maximum absolute atomic E-state index is 5.36. The van der Waals surface area contributed by atoms with Crippen molar-refractivity contribution in [1.29, 1.82) is 0 Å². The van der Waals surface area contributed by atoms with Gasteiger partial charge in [-0.2, -0.15) is 0 Å². The Balaban J connectivity index is 2.49. The number of furan rings is 1. The first kappa shape index (κ1) is 11.0. The maximum atomic E-state index is 5.36. The van der Waals surface area contributed by atoms with Gasteiger partial charge >= 0.3 is 0 Å². The molecule has 0 amide bonds. The fourth-order valence-corrected chi connectivity index (χ4v) is 1.70. The molecule has 0 aliphatic carbocycles. The summed E-state index contributed by atoms with van der Waals surface area (Å²) in [6.45, 7) is 2.43. The van der Waals surface area contributed by atoms with Crippen molar-refractivity contribution in [2.45, 2.75) is 13.5 Å². The number of ether oxygens (including phenoxy) is 1. The zero-order valence-electron chi connectivity index (χ0n) is 9.11. The Morgan fingerprint density at radius 1 is 1.56 bits per heavy atom. The second-order valence-corrected chi connectivity index (χ2v) is 3.88. The minimum atomic E-state index is 0.471. The molecule has 1 N–H and O–H groups in total. The smallest absolute Gasteiger partial charge is 0.175 e. The normalized spacial score (nSPS) is 10.6. The molecule has 0 saturated heterocycles. The van der Waals surface area contributed by atoms with Crippen molar-refractivity contribution >= 4 is 12.2 Å². The Morgan fingerprint density at radius 3 is 3.00 bits per heavy atom. The monoisotopic (exact) mass is 236 g/mol. The molecule has 0 radical (unpaired) electrons. The summed E-state index contributed by atoms with van der Waals surface area (Å²) >= 11 is 5.09. The number of hydrogen-bond acceptors (Lipinski definition) is 4. The summed E-state index contributed by atoms with van der Waals surface area (Å²) in [5.74, 6) is 1.35. The van der Waals surface area contributed by atoms with E-state index in [1.807, 2.05) is 13.0 Å². The number of hydrogen-bond donors (Lipinski definition) is 1. The molecule has 2 rings (SSSR count). The number of aromatic amines is 1. The van der Waals surface area contributed by atoms with Crippen LogP contribution < -0.4 is 0 Å². The van der Waals surface area contributed by atoms with Crippen LogP contribution in [0.5, 0.6) is 0 Å². The molecular weight excluding hydrogens is 224 g/mol. The van der Waals surface area contributed by atoms with Crippen LogP contribution in [0.25, 0.3) is 11.6 Å². The zero-order valence-corrected chi connectivity index (χ0v) is 9.93. The zero-order chi connectivity index (χ0) is 11.5. The highest BCUT2D eigenvalue weighted by Crippen LogP contribution is 2.20. The summed E-state index contributed by atoms with van der Waals surface area (Å²) in [7, 11) is 1.63. The number of nitrogens with zero attached hydrogens (tertiary/aromatic N) is 1. The summed E-state index contributed by atoms with van der Waals surface area (Å²) in [5.41, 5.74) is 1.90. The second-order valence-electron chi connectivity index (χ2n) is 3.46. The number of H-pyrrole nitrogens is 1. The highest BCUT2D eigenvalue weighted by Gasteiger charge is 2.08. The van der Waals surface area contributed by atoms with E-state index in [0.29, 0.717) is 22.8 Å². The van der Waals surface area contributed by atoms with Crippen molar-refractivity contribution in [3.63, 3.8) is 0 Å². The van der Waals surface area contributed by atoms with E-state index in [1.165, 1.54) is 0 Å². The predicted octanol–water partition coefficient (Wildman–Crippen LogP) is 2.85. The van der Waals surface area contributed by atoms with Crippen molar-refractivity contribution in [3.8, 4) is 11.6 Å². The third-order valence-corrected chi connectivity index (χ3v) is 2.38. The number of aryl methyl sites for hydroxylation is 1. The van der Waals surface area contributed by atoms with Gasteiger partial charge in [0.15, 0.2) is 11.6 Å². The highest BCUT2D eigenvalue weighted by molar-refractivity contribution is 7.71.